The monoisotopic (exact) mass is 289 g/mol. The van der Waals surface area contributed by atoms with Crippen LogP contribution in [0.4, 0.5) is 4.39 Å². The Balaban J connectivity index is 3.22. The third-order valence-corrected chi connectivity index (χ3v) is 2.82. The number of benzene rings is 1. The molecule has 0 aliphatic rings. The number of rotatable bonds is 2. The molecular weight excluding hydrogens is 280 g/mol. The molecule has 68 valence electrons. The number of alkyl halides is 1. The molecule has 3 heteroatoms. The van der Waals surface area contributed by atoms with Gasteiger partial charge in [-0.15, -0.1) is 0 Å². The predicted octanol–water partition coefficient (Wildman–Crippen LogP) is 3.24. The Morgan fingerprint density at radius 3 is 2.85 bits per heavy atom. The van der Waals surface area contributed by atoms with Crippen LogP contribution in [0.3, 0.4) is 0 Å². The quantitative estimate of drug-likeness (QED) is 0.767. The molecule has 0 N–H and O–H groups in total. The highest BCUT2D eigenvalue weighted by molar-refractivity contribution is 14.1. The lowest BCUT2D eigenvalue weighted by Crippen LogP contribution is -2.00. The first-order valence-electron chi connectivity index (χ1n) is 3.95. The van der Waals surface area contributed by atoms with Gasteiger partial charge >= 0.3 is 0 Å². The summed E-state index contributed by atoms with van der Waals surface area (Å²) in [5.41, 5.74) is 1.41. The number of nitriles is 1. The van der Waals surface area contributed by atoms with Gasteiger partial charge in [-0.25, -0.2) is 0 Å². The smallest absolute Gasteiger partial charge is 0.101 e. The van der Waals surface area contributed by atoms with Gasteiger partial charge in [-0.1, -0.05) is 19.1 Å². The van der Waals surface area contributed by atoms with Gasteiger partial charge in [-0.2, -0.15) is 5.26 Å². The molecular formula is C10H9FIN. The molecule has 0 radical (unpaired) electrons. The van der Waals surface area contributed by atoms with Gasteiger partial charge in [0, 0.05) is 9.49 Å². The number of hydrogen-bond acceptors (Lipinski definition) is 1. The van der Waals surface area contributed by atoms with Crippen LogP contribution in [0.1, 0.15) is 24.0 Å². The summed E-state index contributed by atoms with van der Waals surface area (Å²) in [5.74, 6) is -0.190. The molecule has 1 unspecified atom stereocenters. The van der Waals surface area contributed by atoms with Crippen LogP contribution in [-0.4, -0.2) is 6.67 Å². The van der Waals surface area contributed by atoms with Crippen LogP contribution in [0, 0.1) is 14.9 Å². The molecule has 0 fully saturated rings. The fourth-order valence-corrected chi connectivity index (χ4v) is 1.79. The lowest BCUT2D eigenvalue weighted by Gasteiger charge is -2.09. The van der Waals surface area contributed by atoms with E-state index < -0.39 is 6.67 Å². The van der Waals surface area contributed by atoms with Crippen LogP contribution in [0.15, 0.2) is 18.2 Å². The molecule has 13 heavy (non-hydrogen) atoms. The topological polar surface area (TPSA) is 23.8 Å². The summed E-state index contributed by atoms with van der Waals surface area (Å²) in [7, 11) is 0. The molecule has 1 atom stereocenters. The maximum atomic E-state index is 12.4. The lowest BCUT2D eigenvalue weighted by molar-refractivity contribution is 0.447. The van der Waals surface area contributed by atoms with Crippen molar-refractivity contribution in [3.63, 3.8) is 0 Å². The Morgan fingerprint density at radius 2 is 2.31 bits per heavy atom. The summed E-state index contributed by atoms with van der Waals surface area (Å²) >= 11 is 2.09. The van der Waals surface area contributed by atoms with E-state index in [1.165, 1.54) is 0 Å². The van der Waals surface area contributed by atoms with E-state index >= 15 is 0 Å². The Hall–Kier alpha value is -0.630. The van der Waals surface area contributed by atoms with Crippen molar-refractivity contribution in [2.45, 2.75) is 12.8 Å². The minimum Gasteiger partial charge on any atom is -0.250 e. The molecule has 1 aromatic carbocycles. The second kappa shape index (κ2) is 4.56. The van der Waals surface area contributed by atoms with E-state index in [0.29, 0.717) is 5.56 Å². The summed E-state index contributed by atoms with van der Waals surface area (Å²) in [4.78, 5) is 0. The zero-order valence-electron chi connectivity index (χ0n) is 7.22. The third kappa shape index (κ3) is 2.19. The van der Waals surface area contributed by atoms with E-state index in [4.69, 9.17) is 5.26 Å². The fourth-order valence-electron chi connectivity index (χ4n) is 1.15. The van der Waals surface area contributed by atoms with E-state index in [1.807, 2.05) is 18.2 Å². The van der Waals surface area contributed by atoms with Crippen molar-refractivity contribution in [2.75, 3.05) is 6.67 Å². The van der Waals surface area contributed by atoms with Crippen LogP contribution in [0.5, 0.6) is 0 Å². The van der Waals surface area contributed by atoms with E-state index in [0.717, 1.165) is 9.13 Å². The van der Waals surface area contributed by atoms with Crippen molar-refractivity contribution in [3.05, 3.63) is 32.9 Å². The van der Waals surface area contributed by atoms with Gasteiger partial charge in [-0.3, -0.25) is 4.39 Å². The Kier molecular flexibility index (Phi) is 3.67. The second-order valence-corrected chi connectivity index (χ2v) is 4.03. The minimum atomic E-state index is -0.422. The second-order valence-electron chi connectivity index (χ2n) is 2.87. The van der Waals surface area contributed by atoms with Crippen LogP contribution in [0.2, 0.25) is 0 Å². The third-order valence-electron chi connectivity index (χ3n) is 1.92. The van der Waals surface area contributed by atoms with Crippen molar-refractivity contribution >= 4 is 22.6 Å². The van der Waals surface area contributed by atoms with Crippen molar-refractivity contribution in [1.82, 2.24) is 0 Å². The van der Waals surface area contributed by atoms with Crippen molar-refractivity contribution in [2.24, 2.45) is 0 Å². The van der Waals surface area contributed by atoms with E-state index in [-0.39, 0.29) is 5.92 Å². The summed E-state index contributed by atoms with van der Waals surface area (Å²) in [6.45, 7) is 1.36. The average Bonchev–Trinajstić information content (AvgIpc) is 2.16. The molecule has 0 heterocycles. The predicted molar refractivity (Wildman–Crippen MR) is 58.3 cm³/mol. The van der Waals surface area contributed by atoms with Gasteiger partial charge in [0.25, 0.3) is 0 Å². The minimum absolute atomic E-state index is 0.190. The molecule has 0 bridgehead atoms. The maximum absolute atomic E-state index is 12.4. The van der Waals surface area contributed by atoms with Gasteiger partial charge < -0.3 is 0 Å². The van der Waals surface area contributed by atoms with Crippen molar-refractivity contribution in [1.29, 1.82) is 5.26 Å². The molecule has 1 aromatic rings. The number of hydrogen-bond donors (Lipinski definition) is 0. The van der Waals surface area contributed by atoms with Crippen LogP contribution >= 0.6 is 22.6 Å². The SMILES string of the molecule is CC(CF)c1cccc(I)c1C#N. The Morgan fingerprint density at radius 1 is 1.62 bits per heavy atom. The van der Waals surface area contributed by atoms with Crippen LogP contribution in [-0.2, 0) is 0 Å². The van der Waals surface area contributed by atoms with Crippen LogP contribution in [0.25, 0.3) is 0 Å². The summed E-state index contributed by atoms with van der Waals surface area (Å²) in [6.07, 6.45) is 0. The summed E-state index contributed by atoms with van der Waals surface area (Å²) in [6, 6.07) is 7.62. The standard InChI is InChI=1S/C10H9FIN/c1-7(5-11)8-3-2-4-10(12)9(8)6-13/h2-4,7H,5H2,1H3. The summed E-state index contributed by atoms with van der Waals surface area (Å²) in [5, 5.41) is 8.87. The highest BCUT2D eigenvalue weighted by Crippen LogP contribution is 2.23. The number of halogens is 2. The van der Waals surface area contributed by atoms with Gasteiger partial charge in [0.1, 0.15) is 6.07 Å². The first kappa shape index (κ1) is 10.5. The van der Waals surface area contributed by atoms with Gasteiger partial charge in [0.05, 0.1) is 12.2 Å². The van der Waals surface area contributed by atoms with Crippen LogP contribution < -0.4 is 0 Å². The van der Waals surface area contributed by atoms with Gasteiger partial charge in [-0.05, 0) is 34.2 Å². The highest BCUT2D eigenvalue weighted by Gasteiger charge is 2.11. The molecule has 0 spiro atoms. The van der Waals surface area contributed by atoms with E-state index in [2.05, 4.69) is 28.7 Å². The Bertz CT molecular complexity index is 343. The first-order chi connectivity index (χ1) is 6.20. The zero-order chi connectivity index (χ0) is 9.84. The average molecular weight is 289 g/mol. The highest BCUT2D eigenvalue weighted by atomic mass is 127. The molecule has 0 aromatic heterocycles. The molecule has 0 saturated heterocycles. The van der Waals surface area contributed by atoms with Gasteiger partial charge in [0.2, 0.25) is 0 Å². The fraction of sp³-hybridized carbons (Fsp3) is 0.300. The number of nitrogens with zero attached hydrogens (tertiary/aromatic N) is 1. The summed E-state index contributed by atoms with van der Waals surface area (Å²) < 4.78 is 13.3. The maximum Gasteiger partial charge on any atom is 0.101 e. The van der Waals surface area contributed by atoms with Crippen molar-refractivity contribution < 1.29 is 4.39 Å². The largest absolute Gasteiger partial charge is 0.250 e. The first-order valence-corrected chi connectivity index (χ1v) is 5.03. The molecule has 0 aliphatic carbocycles. The van der Waals surface area contributed by atoms with E-state index in [9.17, 15) is 4.39 Å². The normalized spacial score (nSPS) is 12.2. The molecule has 0 aliphatic heterocycles. The van der Waals surface area contributed by atoms with Crippen molar-refractivity contribution in [3.8, 4) is 6.07 Å². The molecule has 1 nitrogen and oxygen atoms in total. The molecule has 0 saturated carbocycles. The Labute approximate surface area is 90.7 Å². The molecule has 1 rings (SSSR count). The molecule has 0 amide bonds. The van der Waals surface area contributed by atoms with E-state index in [1.54, 1.807) is 6.92 Å². The van der Waals surface area contributed by atoms with Gasteiger partial charge in [0.15, 0.2) is 0 Å². The zero-order valence-corrected chi connectivity index (χ0v) is 9.38. The lowest BCUT2D eigenvalue weighted by atomic mass is 9.97.